The van der Waals surface area contributed by atoms with Gasteiger partial charge in [-0.1, -0.05) is 6.07 Å². The first-order valence-corrected chi connectivity index (χ1v) is 5.42. The number of hydrogen-bond acceptors (Lipinski definition) is 4. The average molecular weight is 225 g/mol. The first-order valence-electron chi connectivity index (χ1n) is 5.42. The predicted molar refractivity (Wildman–Crippen MR) is 62.5 cm³/mol. The van der Waals surface area contributed by atoms with E-state index in [9.17, 15) is 5.11 Å². The molecule has 4 heteroatoms. The third kappa shape index (κ3) is 3.40. The summed E-state index contributed by atoms with van der Waals surface area (Å²) in [7, 11) is 1.51. The van der Waals surface area contributed by atoms with Crippen molar-refractivity contribution in [1.29, 1.82) is 0 Å². The molecule has 0 aliphatic rings. The molecule has 0 saturated carbocycles. The van der Waals surface area contributed by atoms with Gasteiger partial charge < -0.3 is 20.7 Å². The van der Waals surface area contributed by atoms with Crippen LogP contribution in [0.3, 0.4) is 0 Å². The van der Waals surface area contributed by atoms with Crippen molar-refractivity contribution >= 4 is 0 Å². The van der Waals surface area contributed by atoms with Crippen LogP contribution in [0, 0.1) is 0 Å². The SMILES string of the molecule is COc1ccc(C(N)CCCCO)cc1O. The highest BCUT2D eigenvalue weighted by molar-refractivity contribution is 5.42. The Bertz CT molecular complexity index is 328. The summed E-state index contributed by atoms with van der Waals surface area (Å²) in [5, 5.41) is 18.3. The molecule has 1 aromatic carbocycles. The normalized spacial score (nSPS) is 12.4. The zero-order chi connectivity index (χ0) is 12.0. The van der Waals surface area contributed by atoms with Gasteiger partial charge in [0.05, 0.1) is 7.11 Å². The van der Waals surface area contributed by atoms with Gasteiger partial charge in [-0.3, -0.25) is 0 Å². The lowest BCUT2D eigenvalue weighted by Gasteiger charge is -2.13. The number of methoxy groups -OCH3 is 1. The molecule has 1 aromatic rings. The molecule has 0 bridgehead atoms. The highest BCUT2D eigenvalue weighted by atomic mass is 16.5. The van der Waals surface area contributed by atoms with E-state index in [0.29, 0.717) is 5.75 Å². The van der Waals surface area contributed by atoms with Crippen LogP contribution >= 0.6 is 0 Å². The molecule has 0 aliphatic carbocycles. The Morgan fingerprint density at radius 3 is 2.69 bits per heavy atom. The van der Waals surface area contributed by atoms with Crippen molar-refractivity contribution in [3.05, 3.63) is 23.8 Å². The molecule has 4 N–H and O–H groups in total. The maximum Gasteiger partial charge on any atom is 0.160 e. The summed E-state index contributed by atoms with van der Waals surface area (Å²) < 4.78 is 4.95. The standard InChI is InChI=1S/C12H19NO3/c1-16-12-6-5-9(8-11(12)15)10(13)4-2-3-7-14/h5-6,8,10,14-15H,2-4,7,13H2,1H3. The molecule has 0 amide bonds. The molecule has 1 unspecified atom stereocenters. The van der Waals surface area contributed by atoms with E-state index in [-0.39, 0.29) is 18.4 Å². The summed E-state index contributed by atoms with van der Waals surface area (Å²) in [6.07, 6.45) is 2.44. The number of benzene rings is 1. The number of unbranched alkanes of at least 4 members (excludes halogenated alkanes) is 1. The number of nitrogens with two attached hydrogens (primary N) is 1. The Morgan fingerprint density at radius 1 is 1.38 bits per heavy atom. The summed E-state index contributed by atoms with van der Waals surface area (Å²) in [5.41, 5.74) is 6.85. The van der Waals surface area contributed by atoms with Crippen LogP contribution in [-0.4, -0.2) is 23.9 Å². The van der Waals surface area contributed by atoms with E-state index in [1.54, 1.807) is 12.1 Å². The lowest BCUT2D eigenvalue weighted by Crippen LogP contribution is -2.10. The number of phenolic OH excluding ortho intramolecular Hbond substituents is 1. The number of hydrogen-bond donors (Lipinski definition) is 3. The second-order valence-corrected chi connectivity index (χ2v) is 3.76. The minimum absolute atomic E-state index is 0.108. The zero-order valence-corrected chi connectivity index (χ0v) is 9.52. The molecule has 0 aromatic heterocycles. The van der Waals surface area contributed by atoms with Crippen molar-refractivity contribution in [2.75, 3.05) is 13.7 Å². The molecule has 0 aliphatic heterocycles. The van der Waals surface area contributed by atoms with Crippen molar-refractivity contribution in [3.63, 3.8) is 0 Å². The molecular weight excluding hydrogens is 206 g/mol. The molecule has 4 nitrogen and oxygen atoms in total. The van der Waals surface area contributed by atoms with Gasteiger partial charge in [-0.15, -0.1) is 0 Å². The summed E-state index contributed by atoms with van der Waals surface area (Å²) in [4.78, 5) is 0. The zero-order valence-electron chi connectivity index (χ0n) is 9.52. The molecule has 1 atom stereocenters. The molecule has 0 heterocycles. The van der Waals surface area contributed by atoms with Gasteiger partial charge in [-0.25, -0.2) is 0 Å². The van der Waals surface area contributed by atoms with Crippen molar-refractivity contribution in [2.24, 2.45) is 5.73 Å². The van der Waals surface area contributed by atoms with Crippen molar-refractivity contribution in [1.82, 2.24) is 0 Å². The Kier molecular flexibility index (Phi) is 5.08. The lowest BCUT2D eigenvalue weighted by atomic mass is 10.0. The maximum absolute atomic E-state index is 9.59. The third-order valence-corrected chi connectivity index (χ3v) is 2.55. The van der Waals surface area contributed by atoms with Crippen LogP contribution in [0.4, 0.5) is 0 Å². The van der Waals surface area contributed by atoms with E-state index < -0.39 is 0 Å². The van der Waals surface area contributed by atoms with E-state index in [0.717, 1.165) is 24.8 Å². The summed E-state index contributed by atoms with van der Waals surface area (Å²) in [6.45, 7) is 0.195. The van der Waals surface area contributed by atoms with Crippen LogP contribution in [0.5, 0.6) is 11.5 Å². The van der Waals surface area contributed by atoms with Crippen LogP contribution in [0.2, 0.25) is 0 Å². The molecule has 16 heavy (non-hydrogen) atoms. The third-order valence-electron chi connectivity index (χ3n) is 2.55. The largest absolute Gasteiger partial charge is 0.504 e. The van der Waals surface area contributed by atoms with Gasteiger partial charge in [-0.05, 0) is 37.0 Å². The van der Waals surface area contributed by atoms with Gasteiger partial charge in [-0.2, -0.15) is 0 Å². The van der Waals surface area contributed by atoms with Crippen LogP contribution in [0.25, 0.3) is 0 Å². The smallest absolute Gasteiger partial charge is 0.160 e. The minimum Gasteiger partial charge on any atom is -0.504 e. The van der Waals surface area contributed by atoms with E-state index in [4.69, 9.17) is 15.6 Å². The fourth-order valence-corrected chi connectivity index (χ4v) is 1.58. The number of aliphatic hydroxyl groups excluding tert-OH is 1. The summed E-state index contributed by atoms with van der Waals surface area (Å²) >= 11 is 0. The number of phenols is 1. The van der Waals surface area contributed by atoms with Crippen LogP contribution in [0.15, 0.2) is 18.2 Å². The van der Waals surface area contributed by atoms with Crippen LogP contribution < -0.4 is 10.5 Å². The van der Waals surface area contributed by atoms with Gasteiger partial charge in [0.15, 0.2) is 11.5 Å². The van der Waals surface area contributed by atoms with Crippen molar-refractivity contribution < 1.29 is 14.9 Å². The first-order chi connectivity index (χ1) is 7.69. The second-order valence-electron chi connectivity index (χ2n) is 3.76. The van der Waals surface area contributed by atoms with Crippen LogP contribution in [-0.2, 0) is 0 Å². The van der Waals surface area contributed by atoms with E-state index in [2.05, 4.69) is 0 Å². The lowest BCUT2D eigenvalue weighted by molar-refractivity contribution is 0.281. The van der Waals surface area contributed by atoms with Gasteiger partial charge in [0.1, 0.15) is 0 Å². The Labute approximate surface area is 95.7 Å². The maximum atomic E-state index is 9.59. The first kappa shape index (κ1) is 12.8. The molecule has 0 fully saturated rings. The second kappa shape index (κ2) is 6.35. The highest BCUT2D eigenvalue weighted by Crippen LogP contribution is 2.29. The Hall–Kier alpha value is -1.26. The number of rotatable bonds is 6. The van der Waals surface area contributed by atoms with Crippen molar-refractivity contribution in [2.45, 2.75) is 25.3 Å². The molecule has 0 spiro atoms. The highest BCUT2D eigenvalue weighted by Gasteiger charge is 2.09. The predicted octanol–water partition coefficient (Wildman–Crippen LogP) is 1.56. The minimum atomic E-state index is -0.108. The number of aliphatic hydroxyl groups is 1. The molecule has 0 radical (unpaired) electrons. The Morgan fingerprint density at radius 2 is 2.12 bits per heavy atom. The summed E-state index contributed by atoms with van der Waals surface area (Å²) in [6, 6.07) is 5.07. The van der Waals surface area contributed by atoms with Gasteiger partial charge in [0, 0.05) is 12.6 Å². The quantitative estimate of drug-likeness (QED) is 0.642. The molecule has 1 rings (SSSR count). The molecule has 0 saturated heterocycles. The van der Waals surface area contributed by atoms with Gasteiger partial charge >= 0.3 is 0 Å². The van der Waals surface area contributed by atoms with E-state index in [1.165, 1.54) is 7.11 Å². The number of ether oxygens (including phenoxy) is 1. The van der Waals surface area contributed by atoms with E-state index in [1.807, 2.05) is 6.07 Å². The number of aromatic hydroxyl groups is 1. The van der Waals surface area contributed by atoms with Gasteiger partial charge in [0.25, 0.3) is 0 Å². The van der Waals surface area contributed by atoms with Crippen molar-refractivity contribution in [3.8, 4) is 11.5 Å². The van der Waals surface area contributed by atoms with Gasteiger partial charge in [0.2, 0.25) is 0 Å². The Balaban J connectivity index is 2.62. The fraction of sp³-hybridized carbons (Fsp3) is 0.500. The van der Waals surface area contributed by atoms with E-state index >= 15 is 0 Å². The molecule has 90 valence electrons. The fourth-order valence-electron chi connectivity index (χ4n) is 1.58. The molecular formula is C12H19NO3. The summed E-state index contributed by atoms with van der Waals surface area (Å²) in [5.74, 6) is 0.559. The van der Waals surface area contributed by atoms with Crippen LogP contribution in [0.1, 0.15) is 30.9 Å². The average Bonchev–Trinajstić information content (AvgIpc) is 2.29. The topological polar surface area (TPSA) is 75.7 Å². The monoisotopic (exact) mass is 225 g/mol.